The van der Waals surface area contributed by atoms with Gasteiger partial charge in [-0.15, -0.1) is 0 Å². The molecule has 26 heavy (non-hydrogen) atoms. The van der Waals surface area contributed by atoms with E-state index in [1.807, 2.05) is 0 Å². The zero-order valence-electron chi connectivity index (χ0n) is 14.1. The first-order valence-corrected chi connectivity index (χ1v) is 8.32. The molecule has 0 saturated carbocycles. The monoisotopic (exact) mass is 358 g/mol. The Hall–Kier alpha value is -2.80. The van der Waals surface area contributed by atoms with Crippen molar-refractivity contribution in [3.05, 3.63) is 65.2 Å². The van der Waals surface area contributed by atoms with Crippen molar-refractivity contribution in [2.75, 3.05) is 19.8 Å². The summed E-state index contributed by atoms with van der Waals surface area (Å²) in [5, 5.41) is 11.8. The molecule has 2 heterocycles. The van der Waals surface area contributed by atoms with Gasteiger partial charge in [0.05, 0.1) is 0 Å². The van der Waals surface area contributed by atoms with Gasteiger partial charge in [0.2, 0.25) is 0 Å². The standard InChI is InChI=1S/C19H19FN2O4/c20-14-6-4-13(5-7-14)19(8-10-26-11-9-19)12-21-17(23)15-2-1-3-16(22-15)18(24)25/h1-7H,8-12H2,(H,21,23)(H,24,25). The van der Waals surface area contributed by atoms with E-state index in [0.29, 0.717) is 32.6 Å². The predicted octanol–water partition coefficient (Wildman–Crippen LogP) is 2.40. The number of amides is 1. The van der Waals surface area contributed by atoms with Crippen molar-refractivity contribution < 1.29 is 23.8 Å². The Balaban J connectivity index is 1.78. The molecule has 0 spiro atoms. The van der Waals surface area contributed by atoms with Gasteiger partial charge >= 0.3 is 5.97 Å². The lowest BCUT2D eigenvalue weighted by Crippen LogP contribution is -2.44. The summed E-state index contributed by atoms with van der Waals surface area (Å²) in [7, 11) is 0. The first-order chi connectivity index (χ1) is 12.5. The molecule has 2 N–H and O–H groups in total. The maximum Gasteiger partial charge on any atom is 0.354 e. The van der Waals surface area contributed by atoms with E-state index in [2.05, 4.69) is 10.3 Å². The second-order valence-corrected chi connectivity index (χ2v) is 6.30. The second kappa shape index (κ2) is 7.61. The number of carboxylic acids is 1. The molecule has 0 aliphatic carbocycles. The van der Waals surface area contributed by atoms with Gasteiger partial charge in [-0.1, -0.05) is 18.2 Å². The van der Waals surface area contributed by atoms with E-state index in [9.17, 15) is 14.0 Å². The average molecular weight is 358 g/mol. The highest BCUT2D eigenvalue weighted by Crippen LogP contribution is 2.34. The Bertz CT molecular complexity index is 801. The molecule has 0 bridgehead atoms. The number of hydrogen-bond donors (Lipinski definition) is 2. The molecule has 6 nitrogen and oxygen atoms in total. The maximum atomic E-state index is 13.3. The topological polar surface area (TPSA) is 88.5 Å². The van der Waals surface area contributed by atoms with Crippen molar-refractivity contribution in [2.45, 2.75) is 18.3 Å². The van der Waals surface area contributed by atoms with Crippen molar-refractivity contribution >= 4 is 11.9 Å². The fourth-order valence-electron chi connectivity index (χ4n) is 3.15. The summed E-state index contributed by atoms with van der Waals surface area (Å²) < 4.78 is 18.7. The summed E-state index contributed by atoms with van der Waals surface area (Å²) >= 11 is 0. The zero-order chi connectivity index (χ0) is 18.6. The lowest BCUT2D eigenvalue weighted by molar-refractivity contribution is 0.0486. The van der Waals surface area contributed by atoms with Crippen LogP contribution in [-0.4, -0.2) is 41.7 Å². The average Bonchev–Trinajstić information content (AvgIpc) is 2.67. The number of carbonyl (C=O) groups is 2. The SMILES string of the molecule is O=C(O)c1cccc(C(=O)NCC2(c3ccc(F)cc3)CCOCC2)n1. The Kier molecular flexibility index (Phi) is 5.27. The van der Waals surface area contributed by atoms with E-state index < -0.39 is 11.9 Å². The number of benzene rings is 1. The van der Waals surface area contributed by atoms with E-state index in [1.54, 1.807) is 12.1 Å². The molecule has 1 aliphatic heterocycles. The minimum absolute atomic E-state index is 0.0474. The number of carboxylic acid groups (broad SMARTS) is 1. The number of nitrogens with zero attached hydrogens (tertiary/aromatic N) is 1. The number of rotatable bonds is 5. The molecule has 2 aromatic rings. The van der Waals surface area contributed by atoms with Gasteiger partial charge in [-0.2, -0.15) is 0 Å². The summed E-state index contributed by atoms with van der Waals surface area (Å²) in [6.45, 7) is 1.44. The van der Waals surface area contributed by atoms with Crippen LogP contribution in [0.2, 0.25) is 0 Å². The fraction of sp³-hybridized carbons (Fsp3) is 0.316. The molecule has 1 saturated heterocycles. The van der Waals surface area contributed by atoms with Gasteiger partial charge < -0.3 is 15.2 Å². The van der Waals surface area contributed by atoms with Crippen LogP contribution >= 0.6 is 0 Å². The molecule has 0 unspecified atom stereocenters. The molecule has 0 radical (unpaired) electrons. The van der Waals surface area contributed by atoms with E-state index in [0.717, 1.165) is 5.56 Å². The molecule has 1 fully saturated rings. The summed E-state index contributed by atoms with van der Waals surface area (Å²) in [4.78, 5) is 27.3. The molecular weight excluding hydrogens is 339 g/mol. The van der Waals surface area contributed by atoms with Crippen LogP contribution in [0.1, 0.15) is 39.4 Å². The first kappa shape index (κ1) is 18.0. The minimum Gasteiger partial charge on any atom is -0.477 e. The number of nitrogens with one attached hydrogen (secondary N) is 1. The maximum absolute atomic E-state index is 13.3. The van der Waals surface area contributed by atoms with Crippen LogP contribution in [0.15, 0.2) is 42.5 Å². The van der Waals surface area contributed by atoms with Crippen molar-refractivity contribution in [3.63, 3.8) is 0 Å². The van der Waals surface area contributed by atoms with E-state index in [1.165, 1.54) is 30.3 Å². The quantitative estimate of drug-likeness (QED) is 0.857. The van der Waals surface area contributed by atoms with Gasteiger partial charge in [-0.25, -0.2) is 14.2 Å². The van der Waals surface area contributed by atoms with E-state index in [-0.39, 0.29) is 22.6 Å². The van der Waals surface area contributed by atoms with Crippen LogP contribution in [0.4, 0.5) is 4.39 Å². The van der Waals surface area contributed by atoms with Crippen molar-refractivity contribution in [1.82, 2.24) is 10.3 Å². The highest BCUT2D eigenvalue weighted by Gasteiger charge is 2.35. The van der Waals surface area contributed by atoms with Crippen LogP contribution in [-0.2, 0) is 10.2 Å². The van der Waals surface area contributed by atoms with Crippen LogP contribution in [0.25, 0.3) is 0 Å². The number of aromatic nitrogens is 1. The fourth-order valence-corrected chi connectivity index (χ4v) is 3.15. The van der Waals surface area contributed by atoms with Gasteiger partial charge in [0.15, 0.2) is 0 Å². The smallest absolute Gasteiger partial charge is 0.354 e. The van der Waals surface area contributed by atoms with Gasteiger partial charge in [0.1, 0.15) is 17.2 Å². The highest BCUT2D eigenvalue weighted by molar-refractivity contribution is 5.94. The number of pyridine rings is 1. The van der Waals surface area contributed by atoms with Crippen LogP contribution in [0.3, 0.4) is 0 Å². The van der Waals surface area contributed by atoms with Crippen LogP contribution in [0.5, 0.6) is 0 Å². The molecular formula is C19H19FN2O4. The highest BCUT2D eigenvalue weighted by atomic mass is 19.1. The third-order valence-corrected chi connectivity index (χ3v) is 4.69. The van der Waals surface area contributed by atoms with Gasteiger partial charge in [-0.05, 0) is 42.7 Å². The Morgan fingerprint density at radius 2 is 1.77 bits per heavy atom. The lowest BCUT2D eigenvalue weighted by Gasteiger charge is -2.38. The van der Waals surface area contributed by atoms with Gasteiger partial charge in [0.25, 0.3) is 5.91 Å². The number of aromatic carboxylic acids is 1. The summed E-state index contributed by atoms with van der Waals surface area (Å²) in [6.07, 6.45) is 1.39. The molecule has 3 rings (SSSR count). The molecule has 1 amide bonds. The minimum atomic E-state index is -1.19. The van der Waals surface area contributed by atoms with Crippen molar-refractivity contribution in [1.29, 1.82) is 0 Å². The van der Waals surface area contributed by atoms with Crippen LogP contribution in [0, 0.1) is 5.82 Å². The zero-order valence-corrected chi connectivity index (χ0v) is 14.1. The molecule has 1 aliphatic rings. The molecule has 0 atom stereocenters. The van der Waals surface area contributed by atoms with Gasteiger partial charge in [-0.3, -0.25) is 4.79 Å². The van der Waals surface area contributed by atoms with Crippen LogP contribution < -0.4 is 5.32 Å². The normalized spacial score (nSPS) is 16.0. The molecule has 7 heteroatoms. The molecule has 136 valence electrons. The third-order valence-electron chi connectivity index (χ3n) is 4.69. The molecule has 1 aromatic carbocycles. The summed E-state index contributed by atoms with van der Waals surface area (Å²) in [6, 6.07) is 10.6. The summed E-state index contributed by atoms with van der Waals surface area (Å²) in [5.74, 6) is -1.94. The molecule has 1 aromatic heterocycles. The van der Waals surface area contributed by atoms with E-state index >= 15 is 0 Å². The van der Waals surface area contributed by atoms with Crippen molar-refractivity contribution in [3.8, 4) is 0 Å². The lowest BCUT2D eigenvalue weighted by atomic mass is 9.74. The number of hydrogen-bond acceptors (Lipinski definition) is 4. The number of halogens is 1. The largest absolute Gasteiger partial charge is 0.477 e. The summed E-state index contributed by atoms with van der Waals surface area (Å²) in [5.41, 5.74) is 0.448. The Morgan fingerprint density at radius 1 is 1.12 bits per heavy atom. The third kappa shape index (κ3) is 3.88. The predicted molar refractivity (Wildman–Crippen MR) is 91.7 cm³/mol. The van der Waals surface area contributed by atoms with Gasteiger partial charge in [0, 0.05) is 25.2 Å². The first-order valence-electron chi connectivity index (χ1n) is 8.32. The second-order valence-electron chi connectivity index (χ2n) is 6.30. The number of carbonyl (C=O) groups excluding carboxylic acids is 1. The van der Waals surface area contributed by atoms with E-state index in [4.69, 9.17) is 9.84 Å². The van der Waals surface area contributed by atoms with Crippen molar-refractivity contribution in [2.24, 2.45) is 0 Å². The Labute approximate surface area is 150 Å². The Morgan fingerprint density at radius 3 is 2.42 bits per heavy atom. The number of ether oxygens (including phenoxy) is 1.